The van der Waals surface area contributed by atoms with E-state index in [9.17, 15) is 13.2 Å². The Morgan fingerprint density at radius 2 is 2.00 bits per heavy atom. The van der Waals surface area contributed by atoms with Crippen molar-refractivity contribution in [2.75, 3.05) is 0 Å². The molecule has 10 heavy (non-hydrogen) atoms. The molecule has 0 aliphatic rings. The van der Waals surface area contributed by atoms with Gasteiger partial charge in [-0.3, -0.25) is 0 Å². The predicted octanol–water partition coefficient (Wildman–Crippen LogP) is 3.42. The zero-order valence-corrected chi connectivity index (χ0v) is 6.15. The van der Waals surface area contributed by atoms with E-state index in [4.69, 9.17) is 11.6 Å². The monoisotopic (exact) mass is 186 g/mol. The lowest BCUT2D eigenvalue weighted by Crippen LogP contribution is -2.01. The van der Waals surface area contributed by atoms with Crippen LogP contribution in [0.4, 0.5) is 13.2 Å². The Balaban J connectivity index is 3.05. The molecule has 0 atom stereocenters. The first kappa shape index (κ1) is 7.88. The summed E-state index contributed by atoms with van der Waals surface area (Å²) in [7, 11) is 0. The van der Waals surface area contributed by atoms with Crippen LogP contribution >= 0.6 is 22.9 Å². The summed E-state index contributed by atoms with van der Waals surface area (Å²) in [6, 6.07) is 1.23. The van der Waals surface area contributed by atoms with Gasteiger partial charge in [0.2, 0.25) is 0 Å². The molecule has 1 rings (SSSR count). The summed E-state index contributed by atoms with van der Waals surface area (Å²) in [4.78, 5) is -0.728. The summed E-state index contributed by atoms with van der Waals surface area (Å²) in [5.41, 5.74) is 0. The van der Waals surface area contributed by atoms with Crippen LogP contribution in [-0.2, 0) is 6.18 Å². The van der Waals surface area contributed by atoms with Crippen LogP contribution in [0.5, 0.6) is 0 Å². The van der Waals surface area contributed by atoms with E-state index in [1.807, 2.05) is 0 Å². The molecule has 1 heterocycles. The summed E-state index contributed by atoms with van der Waals surface area (Å²) in [6.07, 6.45) is -4.30. The van der Waals surface area contributed by atoms with Crippen LogP contribution in [0.2, 0.25) is 5.02 Å². The number of hydrogen-bond donors (Lipinski definition) is 0. The molecule has 0 aromatic carbocycles. The van der Waals surface area contributed by atoms with Crippen LogP contribution in [0.15, 0.2) is 11.4 Å². The minimum absolute atomic E-state index is 0.225. The van der Waals surface area contributed by atoms with E-state index in [0.29, 0.717) is 11.3 Å². The molecular weight excluding hydrogens is 185 g/mol. The van der Waals surface area contributed by atoms with Crippen molar-refractivity contribution in [2.45, 2.75) is 6.18 Å². The molecular formula is C5H2ClF3S. The smallest absolute Gasteiger partial charge is 0.165 e. The molecule has 0 amide bonds. The molecule has 0 saturated heterocycles. The second-order valence-corrected chi connectivity index (χ2v) is 2.92. The molecule has 0 saturated carbocycles. The Morgan fingerprint density at radius 1 is 1.40 bits per heavy atom. The van der Waals surface area contributed by atoms with Crippen molar-refractivity contribution in [2.24, 2.45) is 0 Å². The third-order valence-electron chi connectivity index (χ3n) is 0.875. The molecule has 1 aromatic rings. The van der Waals surface area contributed by atoms with Crippen LogP contribution in [0.25, 0.3) is 0 Å². The van der Waals surface area contributed by atoms with Gasteiger partial charge in [-0.15, -0.1) is 11.3 Å². The lowest BCUT2D eigenvalue weighted by molar-refractivity contribution is -0.134. The minimum Gasteiger partial charge on any atom is -0.165 e. The molecule has 56 valence electrons. The third kappa shape index (κ3) is 1.44. The highest BCUT2D eigenvalue weighted by atomic mass is 35.5. The Kier molecular flexibility index (Phi) is 1.92. The van der Waals surface area contributed by atoms with Crippen molar-refractivity contribution in [3.63, 3.8) is 0 Å². The zero-order chi connectivity index (χ0) is 7.78. The first-order chi connectivity index (χ1) is 4.52. The number of rotatable bonds is 0. The van der Waals surface area contributed by atoms with Gasteiger partial charge in [0.25, 0.3) is 0 Å². The fourth-order valence-corrected chi connectivity index (χ4v) is 1.53. The van der Waals surface area contributed by atoms with Gasteiger partial charge in [-0.1, -0.05) is 11.6 Å². The van der Waals surface area contributed by atoms with Gasteiger partial charge < -0.3 is 0 Å². The van der Waals surface area contributed by atoms with Gasteiger partial charge in [0.15, 0.2) is 0 Å². The average Bonchev–Trinajstić information content (AvgIpc) is 2.11. The fraction of sp³-hybridized carbons (Fsp3) is 0.200. The summed E-state index contributed by atoms with van der Waals surface area (Å²) in [5.74, 6) is 0. The van der Waals surface area contributed by atoms with Gasteiger partial charge in [0.1, 0.15) is 4.88 Å². The van der Waals surface area contributed by atoms with Gasteiger partial charge in [-0.25, -0.2) is 0 Å². The highest BCUT2D eigenvalue weighted by molar-refractivity contribution is 7.10. The van der Waals surface area contributed by atoms with Crippen molar-refractivity contribution in [1.82, 2.24) is 0 Å². The average molecular weight is 187 g/mol. The number of halogens is 4. The molecule has 0 spiro atoms. The Morgan fingerprint density at radius 3 is 2.20 bits per heavy atom. The highest BCUT2D eigenvalue weighted by Gasteiger charge is 2.34. The molecule has 0 bridgehead atoms. The normalized spacial score (nSPS) is 12.0. The van der Waals surface area contributed by atoms with E-state index >= 15 is 0 Å². The van der Waals surface area contributed by atoms with Gasteiger partial charge in [0, 0.05) is 0 Å². The Bertz CT molecular complexity index is 227. The van der Waals surface area contributed by atoms with Crippen LogP contribution < -0.4 is 0 Å². The van der Waals surface area contributed by atoms with Gasteiger partial charge >= 0.3 is 6.18 Å². The predicted molar refractivity (Wildman–Crippen MR) is 34.3 cm³/mol. The zero-order valence-electron chi connectivity index (χ0n) is 4.57. The molecule has 0 nitrogen and oxygen atoms in total. The van der Waals surface area contributed by atoms with Crippen LogP contribution in [0, 0.1) is 0 Å². The number of thiophene rings is 1. The number of hydrogen-bond acceptors (Lipinski definition) is 1. The van der Waals surface area contributed by atoms with E-state index in [2.05, 4.69) is 0 Å². The molecule has 5 heteroatoms. The molecule has 1 aromatic heterocycles. The first-order valence-electron chi connectivity index (χ1n) is 2.32. The van der Waals surface area contributed by atoms with Crippen molar-refractivity contribution >= 4 is 22.9 Å². The second kappa shape index (κ2) is 2.43. The second-order valence-electron chi connectivity index (χ2n) is 1.60. The van der Waals surface area contributed by atoms with E-state index in [-0.39, 0.29) is 5.02 Å². The Labute approximate surface area is 64.2 Å². The topological polar surface area (TPSA) is 0 Å². The molecule has 0 unspecified atom stereocenters. The third-order valence-corrected chi connectivity index (χ3v) is 2.26. The molecule has 0 aliphatic heterocycles. The first-order valence-corrected chi connectivity index (χ1v) is 3.58. The minimum atomic E-state index is -4.30. The SMILES string of the molecule is FC(F)(F)c1sccc1Cl. The Hall–Kier alpha value is -0.220. The lowest BCUT2D eigenvalue weighted by Gasteiger charge is -2.01. The largest absolute Gasteiger partial charge is 0.427 e. The quantitative estimate of drug-likeness (QED) is 0.583. The maximum absolute atomic E-state index is 11.8. The maximum atomic E-state index is 11.8. The summed E-state index contributed by atoms with van der Waals surface area (Å²) >= 11 is 5.81. The van der Waals surface area contributed by atoms with Crippen LogP contribution in [0.3, 0.4) is 0 Å². The standard InChI is InChI=1S/C5H2ClF3S/c6-3-1-2-10-4(3)5(7,8)9/h1-2H. The van der Waals surface area contributed by atoms with Crippen molar-refractivity contribution in [3.05, 3.63) is 21.3 Å². The van der Waals surface area contributed by atoms with Gasteiger partial charge in [0.05, 0.1) is 5.02 Å². The van der Waals surface area contributed by atoms with E-state index in [0.717, 1.165) is 0 Å². The van der Waals surface area contributed by atoms with E-state index in [1.54, 1.807) is 0 Å². The van der Waals surface area contributed by atoms with Crippen molar-refractivity contribution < 1.29 is 13.2 Å². The van der Waals surface area contributed by atoms with Gasteiger partial charge in [-0.2, -0.15) is 13.2 Å². The summed E-state index contributed by atoms with van der Waals surface area (Å²) in [6.45, 7) is 0. The van der Waals surface area contributed by atoms with Crippen LogP contribution in [0.1, 0.15) is 4.88 Å². The molecule has 0 fully saturated rings. The van der Waals surface area contributed by atoms with Crippen molar-refractivity contribution in [1.29, 1.82) is 0 Å². The van der Waals surface area contributed by atoms with Crippen molar-refractivity contribution in [3.8, 4) is 0 Å². The lowest BCUT2D eigenvalue weighted by atomic mass is 10.5. The molecule has 0 aliphatic carbocycles. The highest BCUT2D eigenvalue weighted by Crippen LogP contribution is 2.38. The van der Waals surface area contributed by atoms with E-state index < -0.39 is 11.1 Å². The summed E-state index contributed by atoms with van der Waals surface area (Å²) in [5, 5.41) is 1.09. The van der Waals surface area contributed by atoms with Gasteiger partial charge in [-0.05, 0) is 11.4 Å². The summed E-state index contributed by atoms with van der Waals surface area (Å²) < 4.78 is 35.4. The maximum Gasteiger partial charge on any atom is 0.427 e. The number of alkyl halides is 3. The molecule has 0 radical (unpaired) electrons. The van der Waals surface area contributed by atoms with Crippen LogP contribution in [-0.4, -0.2) is 0 Å². The fourth-order valence-electron chi connectivity index (χ4n) is 0.496. The van der Waals surface area contributed by atoms with E-state index in [1.165, 1.54) is 11.4 Å². The molecule has 0 N–H and O–H groups in total.